The summed E-state index contributed by atoms with van der Waals surface area (Å²) in [6, 6.07) is 33.1. The summed E-state index contributed by atoms with van der Waals surface area (Å²) < 4.78 is 1.56. The van der Waals surface area contributed by atoms with Crippen molar-refractivity contribution in [1.82, 2.24) is 15.0 Å². The topological polar surface area (TPSA) is 76.3 Å². The highest BCUT2D eigenvalue weighted by Gasteiger charge is 2.15. The van der Waals surface area contributed by atoms with Crippen molar-refractivity contribution in [3.8, 4) is 16.8 Å². The number of para-hydroxylation sites is 1. The highest BCUT2D eigenvalue weighted by molar-refractivity contribution is 7.99. The molecule has 0 unspecified atom stereocenters. The molecular formula is C31H26N4O2S. The van der Waals surface area contributed by atoms with Crippen molar-refractivity contribution >= 4 is 34.3 Å². The molecule has 0 radical (unpaired) electrons. The molecule has 6 nitrogen and oxygen atoms in total. The van der Waals surface area contributed by atoms with Gasteiger partial charge in [-0.15, -0.1) is 0 Å². The molecule has 0 bridgehead atoms. The SMILES string of the molecule is CC(=NNC(=O)CSc1nc2ccccc2c(=O)n1-c1ccc(C)cc1)c1ccc(-c2ccccc2)cc1. The molecule has 38 heavy (non-hydrogen) atoms. The Morgan fingerprint density at radius 1 is 0.868 bits per heavy atom. The maximum absolute atomic E-state index is 13.4. The van der Waals surface area contributed by atoms with Crippen molar-refractivity contribution in [1.29, 1.82) is 0 Å². The third-order valence-electron chi connectivity index (χ3n) is 6.13. The first-order valence-electron chi connectivity index (χ1n) is 12.2. The molecule has 1 aromatic heterocycles. The lowest BCUT2D eigenvalue weighted by molar-refractivity contribution is -0.118. The fraction of sp³-hybridized carbons (Fsp3) is 0.0968. The van der Waals surface area contributed by atoms with Crippen molar-refractivity contribution in [3.05, 3.63) is 125 Å². The highest BCUT2D eigenvalue weighted by atomic mass is 32.2. The molecule has 5 aromatic rings. The molecule has 0 aliphatic carbocycles. The number of aromatic nitrogens is 2. The summed E-state index contributed by atoms with van der Waals surface area (Å²) in [5.41, 5.74) is 8.72. The van der Waals surface area contributed by atoms with Gasteiger partial charge in [0.15, 0.2) is 5.16 Å². The summed E-state index contributed by atoms with van der Waals surface area (Å²) in [4.78, 5) is 30.7. The number of carbonyl (C=O) groups excluding carboxylic acids is 1. The molecule has 0 fully saturated rings. The van der Waals surface area contributed by atoms with Gasteiger partial charge in [0.05, 0.1) is 28.1 Å². The average Bonchev–Trinajstić information content (AvgIpc) is 2.96. The predicted molar refractivity (Wildman–Crippen MR) is 155 cm³/mol. The van der Waals surface area contributed by atoms with E-state index in [0.29, 0.717) is 27.5 Å². The zero-order valence-corrected chi connectivity index (χ0v) is 21.9. The average molecular weight is 519 g/mol. The van der Waals surface area contributed by atoms with Gasteiger partial charge in [-0.3, -0.25) is 14.2 Å². The van der Waals surface area contributed by atoms with Gasteiger partial charge in [0.2, 0.25) is 0 Å². The van der Waals surface area contributed by atoms with E-state index in [1.807, 2.05) is 92.7 Å². The molecule has 0 saturated heterocycles. The van der Waals surface area contributed by atoms with Crippen LogP contribution in [-0.4, -0.2) is 26.9 Å². The Labute approximate surface area is 225 Å². The van der Waals surface area contributed by atoms with E-state index in [1.165, 1.54) is 11.8 Å². The number of rotatable bonds is 7. The monoisotopic (exact) mass is 518 g/mol. The molecule has 0 atom stereocenters. The first kappa shape index (κ1) is 25.2. The third-order valence-corrected chi connectivity index (χ3v) is 7.07. The fourth-order valence-electron chi connectivity index (χ4n) is 4.04. The van der Waals surface area contributed by atoms with E-state index in [2.05, 4.69) is 22.7 Å². The van der Waals surface area contributed by atoms with E-state index < -0.39 is 0 Å². The summed E-state index contributed by atoms with van der Waals surface area (Å²) in [6.07, 6.45) is 0. The zero-order chi connectivity index (χ0) is 26.5. The van der Waals surface area contributed by atoms with Gasteiger partial charge in [0, 0.05) is 0 Å². The fourth-order valence-corrected chi connectivity index (χ4v) is 4.84. The molecule has 188 valence electrons. The van der Waals surface area contributed by atoms with E-state index in [1.54, 1.807) is 16.7 Å². The Morgan fingerprint density at radius 3 is 2.26 bits per heavy atom. The van der Waals surface area contributed by atoms with Crippen molar-refractivity contribution < 1.29 is 4.79 Å². The van der Waals surface area contributed by atoms with Crippen LogP contribution in [0, 0.1) is 6.92 Å². The van der Waals surface area contributed by atoms with Crippen LogP contribution < -0.4 is 11.0 Å². The number of aryl methyl sites for hydroxylation is 1. The molecule has 4 aromatic carbocycles. The van der Waals surface area contributed by atoms with E-state index in [-0.39, 0.29) is 17.2 Å². The second-order valence-corrected chi connectivity index (χ2v) is 9.79. The van der Waals surface area contributed by atoms with Gasteiger partial charge < -0.3 is 0 Å². The van der Waals surface area contributed by atoms with Crippen LogP contribution in [0.15, 0.2) is 118 Å². The minimum absolute atomic E-state index is 0.0559. The summed E-state index contributed by atoms with van der Waals surface area (Å²) in [6.45, 7) is 3.84. The Morgan fingerprint density at radius 2 is 1.53 bits per heavy atom. The van der Waals surface area contributed by atoms with E-state index in [9.17, 15) is 9.59 Å². The van der Waals surface area contributed by atoms with Crippen LogP contribution in [0.4, 0.5) is 0 Å². The Balaban J connectivity index is 1.31. The lowest BCUT2D eigenvalue weighted by atomic mass is 10.0. The predicted octanol–water partition coefficient (Wildman–Crippen LogP) is 5.99. The smallest absolute Gasteiger partial charge is 0.266 e. The normalized spacial score (nSPS) is 11.5. The molecule has 1 amide bonds. The number of nitrogens with one attached hydrogen (secondary N) is 1. The second kappa shape index (κ2) is 11.3. The summed E-state index contributed by atoms with van der Waals surface area (Å²) in [7, 11) is 0. The number of hydrazone groups is 1. The summed E-state index contributed by atoms with van der Waals surface area (Å²) in [5, 5.41) is 5.26. The minimum atomic E-state index is -0.284. The number of fused-ring (bicyclic) bond motifs is 1. The lowest BCUT2D eigenvalue weighted by Gasteiger charge is -2.13. The quantitative estimate of drug-likeness (QED) is 0.124. The van der Waals surface area contributed by atoms with E-state index in [4.69, 9.17) is 4.98 Å². The zero-order valence-electron chi connectivity index (χ0n) is 21.1. The third kappa shape index (κ3) is 5.58. The Kier molecular flexibility index (Phi) is 7.47. The molecule has 0 aliphatic heterocycles. The molecule has 0 aliphatic rings. The Hall–Kier alpha value is -4.49. The number of hydrogen-bond donors (Lipinski definition) is 1. The lowest BCUT2D eigenvalue weighted by Crippen LogP contribution is -2.24. The van der Waals surface area contributed by atoms with Crippen LogP contribution in [0.25, 0.3) is 27.7 Å². The van der Waals surface area contributed by atoms with Crippen molar-refractivity contribution in [3.63, 3.8) is 0 Å². The number of hydrogen-bond acceptors (Lipinski definition) is 5. The molecule has 0 spiro atoms. The maximum atomic E-state index is 13.4. The molecule has 0 saturated carbocycles. The van der Waals surface area contributed by atoms with Gasteiger partial charge >= 0.3 is 0 Å². The maximum Gasteiger partial charge on any atom is 0.266 e. The number of carbonyl (C=O) groups is 1. The van der Waals surface area contributed by atoms with Gasteiger partial charge in [-0.1, -0.05) is 96.2 Å². The Bertz CT molecular complexity index is 1680. The van der Waals surface area contributed by atoms with Crippen molar-refractivity contribution in [2.24, 2.45) is 5.10 Å². The van der Waals surface area contributed by atoms with E-state index >= 15 is 0 Å². The number of amides is 1. The molecular weight excluding hydrogens is 492 g/mol. The summed E-state index contributed by atoms with van der Waals surface area (Å²) in [5.74, 6) is -0.228. The van der Waals surface area contributed by atoms with Crippen LogP contribution in [0.5, 0.6) is 0 Å². The number of nitrogens with zero attached hydrogens (tertiary/aromatic N) is 3. The number of thioether (sulfide) groups is 1. The minimum Gasteiger partial charge on any atom is -0.272 e. The summed E-state index contributed by atoms with van der Waals surface area (Å²) >= 11 is 1.20. The molecule has 7 heteroatoms. The van der Waals surface area contributed by atoms with Gasteiger partial charge in [-0.05, 0) is 54.8 Å². The van der Waals surface area contributed by atoms with Crippen LogP contribution in [0.3, 0.4) is 0 Å². The largest absolute Gasteiger partial charge is 0.272 e. The van der Waals surface area contributed by atoms with Crippen LogP contribution in [-0.2, 0) is 4.79 Å². The first-order valence-corrected chi connectivity index (χ1v) is 13.2. The van der Waals surface area contributed by atoms with Crippen LogP contribution >= 0.6 is 11.8 Å². The van der Waals surface area contributed by atoms with Crippen LogP contribution in [0.2, 0.25) is 0 Å². The highest BCUT2D eigenvalue weighted by Crippen LogP contribution is 2.22. The van der Waals surface area contributed by atoms with E-state index in [0.717, 1.165) is 22.3 Å². The second-order valence-electron chi connectivity index (χ2n) is 8.85. The first-order chi connectivity index (χ1) is 18.5. The molecule has 1 N–H and O–H groups in total. The molecule has 5 rings (SSSR count). The van der Waals surface area contributed by atoms with Crippen molar-refractivity contribution in [2.45, 2.75) is 19.0 Å². The van der Waals surface area contributed by atoms with Gasteiger partial charge in [0.1, 0.15) is 0 Å². The van der Waals surface area contributed by atoms with Gasteiger partial charge in [0.25, 0.3) is 11.5 Å². The van der Waals surface area contributed by atoms with Crippen LogP contribution in [0.1, 0.15) is 18.1 Å². The van der Waals surface area contributed by atoms with Gasteiger partial charge in [-0.2, -0.15) is 5.10 Å². The standard InChI is InChI=1S/C31H26N4O2S/c1-21-12-18-26(19-13-21)35-30(37)27-10-6-7-11-28(27)32-31(35)38-20-29(36)34-33-22(2)23-14-16-25(17-15-23)24-8-4-3-5-9-24/h3-19H,20H2,1-2H3,(H,34,36). The molecule has 1 heterocycles. The van der Waals surface area contributed by atoms with Gasteiger partial charge in [-0.25, -0.2) is 10.4 Å². The van der Waals surface area contributed by atoms with Crippen molar-refractivity contribution in [2.75, 3.05) is 5.75 Å². The number of benzene rings is 4.